The van der Waals surface area contributed by atoms with Crippen molar-refractivity contribution in [3.8, 4) is 5.75 Å². The van der Waals surface area contributed by atoms with Gasteiger partial charge in [-0.15, -0.1) is 0 Å². The third-order valence-corrected chi connectivity index (χ3v) is 6.25. The van der Waals surface area contributed by atoms with E-state index in [1.54, 1.807) is 0 Å². The fourth-order valence-electron chi connectivity index (χ4n) is 4.24. The van der Waals surface area contributed by atoms with Gasteiger partial charge in [0, 0.05) is 24.1 Å². The van der Waals surface area contributed by atoms with Crippen LogP contribution in [0.1, 0.15) is 41.0 Å². The van der Waals surface area contributed by atoms with E-state index in [0.29, 0.717) is 31.7 Å². The van der Waals surface area contributed by atoms with Crippen molar-refractivity contribution in [1.29, 1.82) is 0 Å². The number of likely N-dealkylation sites (tertiary alicyclic amines) is 1. The van der Waals surface area contributed by atoms with Gasteiger partial charge in [0.15, 0.2) is 0 Å². The number of aliphatic hydroxyl groups excluding tert-OH is 1. The number of hydrogen-bond acceptors (Lipinski definition) is 5. The molecule has 1 aliphatic rings. The second kappa shape index (κ2) is 9.02. The molecule has 1 atom stereocenters. The van der Waals surface area contributed by atoms with E-state index in [4.69, 9.17) is 4.74 Å². The summed E-state index contributed by atoms with van der Waals surface area (Å²) in [7, 11) is 0. The van der Waals surface area contributed by atoms with Crippen LogP contribution in [0.25, 0.3) is 11.0 Å². The summed E-state index contributed by atoms with van der Waals surface area (Å²) >= 11 is 0. The molecule has 1 aliphatic heterocycles. The zero-order valence-electron chi connectivity index (χ0n) is 18.2. The molecule has 0 spiro atoms. The van der Waals surface area contributed by atoms with Gasteiger partial charge in [0.25, 0.3) is 5.91 Å². The fraction of sp³-hybridized carbons (Fsp3) is 0.400. The highest BCUT2D eigenvalue weighted by Gasteiger charge is 2.37. The molecule has 1 amide bonds. The minimum atomic E-state index is -0.340. The number of ether oxygens (including phenoxy) is 1. The normalized spacial score (nSPS) is 18.9. The standard InChI is InChI=1S/C25H29N3O3/c1-18-19(2)27-23-15-20(9-10-22(23)26-18)24(30)28-13-6-11-25(16-28,17-29)12-14-31-21-7-4-3-5-8-21/h3-5,7-10,15,29H,6,11-14,16-17H2,1-2H3/t25-/m1/s1. The van der Waals surface area contributed by atoms with Crippen molar-refractivity contribution < 1.29 is 14.6 Å². The molecule has 1 saturated heterocycles. The number of carbonyl (C=O) groups excluding carboxylic acids is 1. The van der Waals surface area contributed by atoms with Crippen LogP contribution < -0.4 is 4.74 Å². The van der Waals surface area contributed by atoms with Crippen LogP contribution >= 0.6 is 0 Å². The van der Waals surface area contributed by atoms with Crippen molar-refractivity contribution in [3.63, 3.8) is 0 Å². The third-order valence-electron chi connectivity index (χ3n) is 6.25. The quantitative estimate of drug-likeness (QED) is 0.655. The topological polar surface area (TPSA) is 75.6 Å². The Morgan fingerprint density at radius 1 is 1.10 bits per heavy atom. The number of para-hydroxylation sites is 1. The van der Waals surface area contributed by atoms with Gasteiger partial charge in [-0.2, -0.15) is 0 Å². The summed E-state index contributed by atoms with van der Waals surface area (Å²) in [4.78, 5) is 24.3. The van der Waals surface area contributed by atoms with E-state index in [0.717, 1.165) is 41.0 Å². The molecule has 1 N–H and O–H groups in total. The number of aromatic nitrogens is 2. The summed E-state index contributed by atoms with van der Waals surface area (Å²) in [5.41, 5.74) is 3.56. The number of carbonyl (C=O) groups is 1. The highest BCUT2D eigenvalue weighted by atomic mass is 16.5. The lowest BCUT2D eigenvalue weighted by atomic mass is 9.78. The average Bonchev–Trinajstić information content (AvgIpc) is 2.80. The Balaban J connectivity index is 1.46. The Morgan fingerprint density at radius 2 is 1.84 bits per heavy atom. The zero-order valence-corrected chi connectivity index (χ0v) is 18.2. The van der Waals surface area contributed by atoms with Gasteiger partial charge in [-0.25, -0.2) is 9.97 Å². The van der Waals surface area contributed by atoms with Crippen LogP contribution in [-0.2, 0) is 0 Å². The molecule has 6 nitrogen and oxygen atoms in total. The van der Waals surface area contributed by atoms with E-state index < -0.39 is 0 Å². The van der Waals surface area contributed by atoms with Crippen LogP contribution in [0.15, 0.2) is 48.5 Å². The molecule has 0 radical (unpaired) electrons. The maximum absolute atomic E-state index is 13.3. The molecule has 3 aromatic rings. The summed E-state index contributed by atoms with van der Waals surface area (Å²) in [5.74, 6) is 0.797. The number of benzene rings is 2. The molecule has 2 heterocycles. The first-order chi connectivity index (χ1) is 15.0. The number of hydrogen-bond donors (Lipinski definition) is 1. The van der Waals surface area contributed by atoms with Crippen LogP contribution in [-0.4, -0.2) is 52.2 Å². The van der Waals surface area contributed by atoms with Crippen LogP contribution in [0.4, 0.5) is 0 Å². The fourth-order valence-corrected chi connectivity index (χ4v) is 4.24. The number of piperidine rings is 1. The number of nitrogens with zero attached hydrogens (tertiary/aromatic N) is 3. The van der Waals surface area contributed by atoms with Crippen LogP contribution in [0, 0.1) is 19.3 Å². The molecule has 0 unspecified atom stereocenters. The molecular weight excluding hydrogens is 390 g/mol. The number of rotatable bonds is 6. The number of aliphatic hydroxyl groups is 1. The molecule has 31 heavy (non-hydrogen) atoms. The second-order valence-corrected chi connectivity index (χ2v) is 8.50. The second-order valence-electron chi connectivity index (χ2n) is 8.50. The van der Waals surface area contributed by atoms with Gasteiger partial charge in [-0.1, -0.05) is 18.2 Å². The highest BCUT2D eigenvalue weighted by Crippen LogP contribution is 2.34. The SMILES string of the molecule is Cc1nc2ccc(C(=O)N3CCC[C@@](CO)(CCOc4ccccc4)C3)cc2nc1C. The van der Waals surface area contributed by atoms with E-state index in [2.05, 4.69) is 9.97 Å². The van der Waals surface area contributed by atoms with Gasteiger partial charge in [0.2, 0.25) is 0 Å². The van der Waals surface area contributed by atoms with Crippen molar-refractivity contribution in [1.82, 2.24) is 14.9 Å². The summed E-state index contributed by atoms with van der Waals surface area (Å²) < 4.78 is 5.86. The van der Waals surface area contributed by atoms with Gasteiger partial charge in [0.1, 0.15) is 5.75 Å². The maximum atomic E-state index is 13.3. The molecule has 6 heteroatoms. The van der Waals surface area contributed by atoms with Crippen molar-refractivity contribution in [3.05, 3.63) is 65.5 Å². The largest absolute Gasteiger partial charge is 0.494 e. The van der Waals surface area contributed by atoms with Gasteiger partial charge < -0.3 is 14.7 Å². The number of aryl methyl sites for hydroxylation is 2. The summed E-state index contributed by atoms with van der Waals surface area (Å²) in [6, 6.07) is 15.2. The van der Waals surface area contributed by atoms with E-state index in [9.17, 15) is 9.90 Å². The van der Waals surface area contributed by atoms with Crippen LogP contribution in [0.2, 0.25) is 0 Å². The Morgan fingerprint density at radius 3 is 2.58 bits per heavy atom. The summed E-state index contributed by atoms with van der Waals surface area (Å²) in [6.45, 7) is 5.62. The average molecular weight is 420 g/mol. The predicted molar refractivity (Wildman–Crippen MR) is 120 cm³/mol. The lowest BCUT2D eigenvalue weighted by molar-refractivity contribution is 0.0156. The van der Waals surface area contributed by atoms with Crippen molar-refractivity contribution in [2.75, 3.05) is 26.3 Å². The predicted octanol–water partition coefficient (Wildman–Crippen LogP) is 3.93. The Kier molecular flexibility index (Phi) is 6.18. The zero-order chi connectivity index (χ0) is 21.8. The smallest absolute Gasteiger partial charge is 0.253 e. The molecule has 0 bridgehead atoms. The van der Waals surface area contributed by atoms with Crippen LogP contribution in [0.3, 0.4) is 0 Å². The molecule has 162 valence electrons. The van der Waals surface area contributed by atoms with Gasteiger partial charge in [0.05, 0.1) is 35.6 Å². The third kappa shape index (κ3) is 4.69. The van der Waals surface area contributed by atoms with Crippen LogP contribution in [0.5, 0.6) is 5.75 Å². The number of fused-ring (bicyclic) bond motifs is 1. The monoisotopic (exact) mass is 419 g/mol. The minimum Gasteiger partial charge on any atom is -0.494 e. The molecular formula is C25H29N3O3. The first-order valence-electron chi connectivity index (χ1n) is 10.8. The first kappa shape index (κ1) is 21.2. The van der Waals surface area contributed by atoms with Gasteiger partial charge in [-0.05, 0) is 63.4 Å². The highest BCUT2D eigenvalue weighted by molar-refractivity contribution is 5.97. The lowest BCUT2D eigenvalue weighted by Crippen LogP contribution is -2.48. The Hall–Kier alpha value is -2.99. The lowest BCUT2D eigenvalue weighted by Gasteiger charge is -2.42. The minimum absolute atomic E-state index is 0.0246. The molecule has 0 aliphatic carbocycles. The summed E-state index contributed by atoms with van der Waals surface area (Å²) in [5, 5.41) is 10.2. The Bertz CT molecular complexity index is 1070. The molecule has 0 saturated carbocycles. The summed E-state index contributed by atoms with van der Waals surface area (Å²) in [6.07, 6.45) is 2.44. The Labute approximate surface area is 182 Å². The van der Waals surface area contributed by atoms with Gasteiger partial charge >= 0.3 is 0 Å². The van der Waals surface area contributed by atoms with E-state index in [1.165, 1.54) is 0 Å². The van der Waals surface area contributed by atoms with Crippen molar-refractivity contribution in [2.24, 2.45) is 5.41 Å². The first-order valence-corrected chi connectivity index (χ1v) is 10.8. The van der Waals surface area contributed by atoms with E-state index in [-0.39, 0.29) is 17.9 Å². The maximum Gasteiger partial charge on any atom is 0.253 e. The molecule has 4 rings (SSSR count). The van der Waals surface area contributed by atoms with Gasteiger partial charge in [-0.3, -0.25) is 4.79 Å². The van der Waals surface area contributed by atoms with Crippen molar-refractivity contribution in [2.45, 2.75) is 33.1 Å². The molecule has 2 aromatic carbocycles. The number of amides is 1. The molecule has 1 fully saturated rings. The molecule has 1 aromatic heterocycles. The van der Waals surface area contributed by atoms with E-state index in [1.807, 2.05) is 67.3 Å². The van der Waals surface area contributed by atoms with E-state index >= 15 is 0 Å². The van der Waals surface area contributed by atoms with Crippen molar-refractivity contribution >= 4 is 16.9 Å².